The van der Waals surface area contributed by atoms with Crippen LogP contribution in [-0.4, -0.2) is 57.4 Å². The summed E-state index contributed by atoms with van der Waals surface area (Å²) in [4.78, 5) is 53.0. The van der Waals surface area contributed by atoms with Gasteiger partial charge in [0.15, 0.2) is 0 Å². The smallest absolute Gasteiger partial charge is 0.307 e. The van der Waals surface area contributed by atoms with Crippen LogP contribution in [-0.2, 0) is 14.4 Å². The lowest BCUT2D eigenvalue weighted by atomic mass is 10.2. The Hall–Kier alpha value is -4.77. The average molecular weight is 688 g/mol. The number of hydrogen-bond acceptors (Lipinski definition) is 7. The number of aliphatic carboxylic acids is 1. The molecular formula is C38H49N5O5S. The van der Waals surface area contributed by atoms with E-state index in [9.17, 15) is 14.4 Å². The molecule has 11 heteroatoms. The van der Waals surface area contributed by atoms with Crippen molar-refractivity contribution >= 4 is 46.3 Å². The lowest BCUT2D eigenvalue weighted by Crippen LogP contribution is -2.37. The summed E-state index contributed by atoms with van der Waals surface area (Å²) in [7, 11) is 0. The largest absolute Gasteiger partial charge is 0.481 e. The molecule has 262 valence electrons. The first-order valence-electron chi connectivity index (χ1n) is 16.9. The van der Waals surface area contributed by atoms with Gasteiger partial charge in [-0.3, -0.25) is 19.2 Å². The summed E-state index contributed by atoms with van der Waals surface area (Å²) < 4.78 is 0. The topological polar surface area (TPSA) is 158 Å². The number of primary amides is 1. The third kappa shape index (κ3) is 13.0. The number of rotatable bonds is 10. The zero-order valence-corrected chi connectivity index (χ0v) is 29.5. The van der Waals surface area contributed by atoms with E-state index in [0.29, 0.717) is 24.2 Å². The minimum absolute atomic E-state index is 0.0811. The number of nitrogens with two attached hydrogens (primary N) is 1. The standard InChI is InChI=1S/C13H10N2OS.C13H18N2O.C11H18O2.CH3NO/c1-8-4-5-9-10(7-8)14-12(13(16)15-9)11-3-2-6-17-11;1-11-6-5-9-15(11)13(16)10-14-12-7-3-2-4-8-12;1-2-3-4-5-6-7-9-8-10(9)11(12)13;2-1-3/h2-7H,1H3,(H,15,16);2-4,7-8,11,14H,5-6,9-10H2,1H3;6-7,9-10H,2-5,8H2,1H3,(H,12,13);1H,(H2,2,3)/b;;7-6-;. The second-order valence-corrected chi connectivity index (χ2v) is 13.1. The number of fused-ring (bicyclic) bond motifs is 1. The lowest BCUT2D eigenvalue weighted by Gasteiger charge is -2.21. The molecule has 6 rings (SSSR count). The summed E-state index contributed by atoms with van der Waals surface area (Å²) in [5.74, 6) is -0.182. The number of hydrogen-bond donors (Lipinski definition) is 4. The lowest BCUT2D eigenvalue weighted by molar-refractivity contribution is -0.138. The molecule has 2 amide bonds. The first-order chi connectivity index (χ1) is 23.7. The van der Waals surface area contributed by atoms with Crippen LogP contribution in [0.1, 0.15) is 64.4 Å². The van der Waals surface area contributed by atoms with Crippen molar-refractivity contribution < 1.29 is 19.5 Å². The number of carbonyl (C=O) groups excluding carboxylic acids is 2. The Labute approximate surface area is 292 Å². The number of unbranched alkanes of at least 4 members (excludes halogenated alkanes) is 3. The molecule has 1 saturated heterocycles. The van der Waals surface area contributed by atoms with E-state index in [0.717, 1.165) is 59.4 Å². The average Bonchev–Trinajstić information content (AvgIpc) is 3.43. The maximum Gasteiger partial charge on any atom is 0.307 e. The zero-order valence-electron chi connectivity index (χ0n) is 28.6. The van der Waals surface area contributed by atoms with Crippen LogP contribution in [0.25, 0.3) is 21.6 Å². The highest BCUT2D eigenvalue weighted by Crippen LogP contribution is 2.39. The molecule has 0 bridgehead atoms. The summed E-state index contributed by atoms with van der Waals surface area (Å²) in [6.07, 6.45) is 12.5. The first-order valence-corrected chi connectivity index (χ1v) is 17.7. The predicted octanol–water partition coefficient (Wildman–Crippen LogP) is 7.01. The number of H-pyrrole nitrogens is 1. The number of thiophene rings is 1. The number of nitrogens with zero attached hydrogens (tertiary/aromatic N) is 2. The number of anilines is 1. The van der Waals surface area contributed by atoms with E-state index < -0.39 is 5.97 Å². The number of benzene rings is 2. The Balaban J connectivity index is 0.000000193. The van der Waals surface area contributed by atoms with Crippen molar-refractivity contribution in [3.63, 3.8) is 0 Å². The van der Waals surface area contributed by atoms with E-state index in [4.69, 9.17) is 9.90 Å². The third-order valence-electron chi connectivity index (χ3n) is 8.21. The van der Waals surface area contributed by atoms with Crippen LogP contribution in [0.5, 0.6) is 0 Å². The van der Waals surface area contributed by atoms with Crippen LogP contribution < -0.4 is 16.6 Å². The second-order valence-electron chi connectivity index (χ2n) is 12.1. The summed E-state index contributed by atoms with van der Waals surface area (Å²) in [6, 6.07) is 19.9. The minimum atomic E-state index is -0.636. The monoisotopic (exact) mass is 687 g/mol. The molecule has 10 nitrogen and oxygen atoms in total. The molecule has 0 spiro atoms. The van der Waals surface area contributed by atoms with Gasteiger partial charge < -0.3 is 26.0 Å². The molecular weight excluding hydrogens is 639 g/mol. The fourth-order valence-corrected chi connectivity index (χ4v) is 6.12. The molecule has 1 aliphatic carbocycles. The van der Waals surface area contributed by atoms with E-state index >= 15 is 0 Å². The Morgan fingerprint density at radius 2 is 1.90 bits per heavy atom. The van der Waals surface area contributed by atoms with Crippen molar-refractivity contribution in [2.75, 3.05) is 18.4 Å². The van der Waals surface area contributed by atoms with Gasteiger partial charge in [0.05, 0.1) is 28.4 Å². The molecule has 5 N–H and O–H groups in total. The van der Waals surface area contributed by atoms with Crippen LogP contribution >= 0.6 is 11.3 Å². The number of allylic oxidation sites excluding steroid dienone is 2. The van der Waals surface area contributed by atoms with Crippen LogP contribution in [0.2, 0.25) is 0 Å². The Morgan fingerprint density at radius 3 is 2.51 bits per heavy atom. The maximum atomic E-state index is 11.9. The van der Waals surface area contributed by atoms with Crippen LogP contribution in [0.15, 0.2) is 83.0 Å². The normalized spacial score (nSPS) is 17.5. The van der Waals surface area contributed by atoms with Crippen molar-refractivity contribution in [3.05, 3.63) is 94.1 Å². The molecule has 1 aliphatic heterocycles. The van der Waals surface area contributed by atoms with Crippen LogP contribution in [0.4, 0.5) is 5.69 Å². The highest BCUT2D eigenvalue weighted by Gasteiger charge is 2.40. The van der Waals surface area contributed by atoms with Gasteiger partial charge in [-0.25, -0.2) is 4.98 Å². The van der Waals surface area contributed by atoms with E-state index in [1.54, 1.807) is 0 Å². The number of likely N-dealkylation sites (tertiary alicyclic amines) is 1. The molecule has 2 aromatic heterocycles. The van der Waals surface area contributed by atoms with Gasteiger partial charge >= 0.3 is 5.97 Å². The fraction of sp³-hybridized carbons (Fsp3) is 0.395. The van der Waals surface area contributed by atoms with Gasteiger partial charge in [0.1, 0.15) is 5.69 Å². The molecule has 3 heterocycles. The van der Waals surface area contributed by atoms with Crippen molar-refractivity contribution in [3.8, 4) is 10.6 Å². The van der Waals surface area contributed by atoms with E-state index in [1.165, 1.54) is 30.6 Å². The van der Waals surface area contributed by atoms with Crippen molar-refractivity contribution in [1.29, 1.82) is 0 Å². The summed E-state index contributed by atoms with van der Waals surface area (Å²) in [5, 5.41) is 13.7. The fourth-order valence-electron chi connectivity index (χ4n) is 5.41. The molecule has 1 saturated carbocycles. The molecule has 49 heavy (non-hydrogen) atoms. The Morgan fingerprint density at radius 1 is 1.14 bits per heavy atom. The van der Waals surface area contributed by atoms with Crippen LogP contribution in [0.3, 0.4) is 0 Å². The quantitative estimate of drug-likeness (QED) is 0.0793. The minimum Gasteiger partial charge on any atom is -0.481 e. The van der Waals surface area contributed by atoms with Crippen molar-refractivity contribution in [1.82, 2.24) is 14.9 Å². The zero-order chi connectivity index (χ0) is 35.6. The number of nitrogens with one attached hydrogen (secondary N) is 2. The first kappa shape index (κ1) is 38.7. The van der Waals surface area contributed by atoms with Crippen molar-refractivity contribution in [2.45, 2.75) is 71.8 Å². The van der Waals surface area contributed by atoms with E-state index in [1.807, 2.05) is 77.9 Å². The number of para-hydroxylation sites is 1. The van der Waals surface area contributed by atoms with Crippen LogP contribution in [0, 0.1) is 18.8 Å². The number of amides is 2. The molecule has 3 atom stereocenters. The molecule has 2 aliphatic rings. The van der Waals surface area contributed by atoms with Gasteiger partial charge in [0.2, 0.25) is 12.3 Å². The maximum absolute atomic E-state index is 11.9. The number of aromatic amines is 1. The number of carboxylic acid groups (broad SMARTS) is 1. The van der Waals surface area contributed by atoms with E-state index in [2.05, 4.69) is 47.0 Å². The highest BCUT2D eigenvalue weighted by molar-refractivity contribution is 7.13. The molecule has 0 radical (unpaired) electrons. The van der Waals surface area contributed by atoms with Gasteiger partial charge in [0.25, 0.3) is 5.56 Å². The van der Waals surface area contributed by atoms with Gasteiger partial charge in [-0.2, -0.15) is 0 Å². The highest BCUT2D eigenvalue weighted by atomic mass is 32.1. The number of aromatic nitrogens is 2. The number of aryl methyl sites for hydroxylation is 1. The molecule has 4 aromatic rings. The summed E-state index contributed by atoms with van der Waals surface area (Å²) in [5.41, 5.74) is 8.27. The Bertz CT molecular complexity index is 1690. The summed E-state index contributed by atoms with van der Waals surface area (Å²) >= 11 is 1.52. The molecule has 3 unspecified atom stereocenters. The van der Waals surface area contributed by atoms with E-state index in [-0.39, 0.29) is 23.8 Å². The van der Waals surface area contributed by atoms with Gasteiger partial charge in [-0.05, 0) is 93.1 Å². The predicted molar refractivity (Wildman–Crippen MR) is 199 cm³/mol. The van der Waals surface area contributed by atoms with Gasteiger partial charge in [0, 0.05) is 18.3 Å². The number of carbonyl (C=O) groups is 3. The van der Waals surface area contributed by atoms with Gasteiger partial charge in [-0.15, -0.1) is 11.3 Å². The summed E-state index contributed by atoms with van der Waals surface area (Å²) in [6.45, 7) is 7.63. The number of carboxylic acids is 1. The van der Waals surface area contributed by atoms with Crippen molar-refractivity contribution in [2.24, 2.45) is 17.6 Å². The van der Waals surface area contributed by atoms with Gasteiger partial charge in [-0.1, -0.05) is 62.2 Å². The Kier molecular flexibility index (Phi) is 16.2. The molecule has 2 fully saturated rings. The second kappa shape index (κ2) is 20.6. The SMILES string of the molecule is CC1CCCN1C(=O)CNc1ccccc1.CCCCC/C=C\C1CC1C(=O)O.Cc1ccc2[nH]c(=O)c(-c3cccs3)nc2c1.NC=O. The molecule has 2 aromatic carbocycles. The third-order valence-corrected chi connectivity index (χ3v) is 9.09.